The number of aryl methyl sites for hydroxylation is 1. The first-order valence-corrected chi connectivity index (χ1v) is 4.05. The summed E-state index contributed by atoms with van der Waals surface area (Å²) in [6, 6.07) is 1.71. The molecule has 2 aromatic heterocycles. The van der Waals surface area contributed by atoms with Gasteiger partial charge in [0.1, 0.15) is 5.69 Å². The van der Waals surface area contributed by atoms with E-state index in [-0.39, 0.29) is 0 Å². The molecule has 72 valence electrons. The zero-order valence-corrected chi connectivity index (χ0v) is 7.88. The highest BCUT2D eigenvalue weighted by molar-refractivity contribution is 5.29. The molecule has 0 spiro atoms. The van der Waals surface area contributed by atoms with Gasteiger partial charge in [0.2, 0.25) is 5.88 Å². The molecule has 6 nitrogen and oxygen atoms in total. The van der Waals surface area contributed by atoms with Gasteiger partial charge < -0.3 is 4.74 Å². The van der Waals surface area contributed by atoms with Gasteiger partial charge >= 0.3 is 0 Å². The highest BCUT2D eigenvalue weighted by atomic mass is 16.5. The summed E-state index contributed by atoms with van der Waals surface area (Å²) in [5, 5.41) is 15.7. The monoisotopic (exact) mass is 191 g/mol. The molecule has 0 unspecified atom stereocenters. The molecule has 0 N–H and O–H groups in total. The lowest BCUT2D eigenvalue weighted by Gasteiger charge is -2.00. The molecule has 0 aliphatic heterocycles. The molecule has 2 heterocycles. The third-order valence-electron chi connectivity index (χ3n) is 1.66. The fourth-order valence-electron chi connectivity index (χ4n) is 1.01. The summed E-state index contributed by atoms with van der Waals surface area (Å²) in [6.45, 7) is 1.87. The average molecular weight is 191 g/mol. The normalized spacial score (nSPS) is 10.1. The van der Waals surface area contributed by atoms with Crippen LogP contribution in [0.1, 0.15) is 5.69 Å². The molecular formula is C8H9N5O. The minimum atomic E-state index is 0.442. The molecule has 0 aliphatic carbocycles. The molecule has 0 aromatic carbocycles. The van der Waals surface area contributed by atoms with Gasteiger partial charge in [0.15, 0.2) is 0 Å². The smallest absolute Gasteiger partial charge is 0.235 e. The number of nitrogens with zero attached hydrogens (tertiary/aromatic N) is 5. The molecule has 0 atom stereocenters. The predicted molar refractivity (Wildman–Crippen MR) is 48.2 cm³/mol. The van der Waals surface area contributed by atoms with Crippen molar-refractivity contribution >= 4 is 0 Å². The molecule has 14 heavy (non-hydrogen) atoms. The standard InChI is InChI=1S/C8H9N5O/c1-6-4-10-13(12-6)7-3-8(14-2)11-9-5-7/h3-5H,1-2H3. The van der Waals surface area contributed by atoms with Gasteiger partial charge in [0.25, 0.3) is 0 Å². The lowest BCUT2D eigenvalue weighted by molar-refractivity contribution is 0.391. The maximum Gasteiger partial charge on any atom is 0.235 e. The number of hydrogen-bond acceptors (Lipinski definition) is 5. The van der Waals surface area contributed by atoms with Crippen LogP contribution in [0.4, 0.5) is 0 Å². The molecule has 0 fully saturated rings. The van der Waals surface area contributed by atoms with Crippen molar-refractivity contribution in [2.45, 2.75) is 6.92 Å². The number of rotatable bonds is 2. The Morgan fingerprint density at radius 3 is 2.86 bits per heavy atom. The highest BCUT2D eigenvalue weighted by Gasteiger charge is 2.02. The van der Waals surface area contributed by atoms with Gasteiger partial charge in [-0.25, -0.2) is 0 Å². The summed E-state index contributed by atoms with van der Waals surface area (Å²) in [5.41, 5.74) is 1.57. The SMILES string of the molecule is COc1cc(-n2ncc(C)n2)cnn1. The van der Waals surface area contributed by atoms with Crippen LogP contribution in [0.2, 0.25) is 0 Å². The topological polar surface area (TPSA) is 65.7 Å². The minimum Gasteiger partial charge on any atom is -0.480 e. The Morgan fingerprint density at radius 1 is 1.36 bits per heavy atom. The van der Waals surface area contributed by atoms with Crippen molar-refractivity contribution in [3.8, 4) is 11.6 Å². The zero-order chi connectivity index (χ0) is 9.97. The van der Waals surface area contributed by atoms with Crippen molar-refractivity contribution in [2.24, 2.45) is 0 Å². The molecule has 0 radical (unpaired) electrons. The Bertz CT molecular complexity index is 439. The maximum atomic E-state index is 4.94. The molecule has 6 heteroatoms. The summed E-state index contributed by atoms with van der Waals surface area (Å²) in [5.74, 6) is 0.442. The van der Waals surface area contributed by atoms with Crippen LogP contribution in [-0.2, 0) is 0 Å². The molecular weight excluding hydrogens is 182 g/mol. The zero-order valence-electron chi connectivity index (χ0n) is 7.88. The second-order valence-electron chi connectivity index (χ2n) is 2.73. The Balaban J connectivity index is 2.41. The number of hydrogen-bond donors (Lipinski definition) is 0. The first-order chi connectivity index (χ1) is 6.79. The van der Waals surface area contributed by atoms with E-state index in [0.717, 1.165) is 11.4 Å². The van der Waals surface area contributed by atoms with Crippen molar-refractivity contribution in [1.29, 1.82) is 0 Å². The van der Waals surface area contributed by atoms with Gasteiger partial charge in [-0.1, -0.05) is 0 Å². The predicted octanol–water partition coefficient (Wildman–Crippen LogP) is 0.374. The maximum absolute atomic E-state index is 4.94. The van der Waals surface area contributed by atoms with E-state index < -0.39 is 0 Å². The fourth-order valence-corrected chi connectivity index (χ4v) is 1.01. The van der Waals surface area contributed by atoms with Crippen LogP contribution in [0, 0.1) is 6.92 Å². The van der Waals surface area contributed by atoms with Gasteiger partial charge in [-0.2, -0.15) is 15.3 Å². The summed E-state index contributed by atoms with van der Waals surface area (Å²) in [4.78, 5) is 1.48. The van der Waals surface area contributed by atoms with Gasteiger partial charge in [0.05, 0.1) is 25.2 Å². The lowest BCUT2D eigenvalue weighted by atomic mass is 10.5. The Labute approximate surface area is 80.5 Å². The van der Waals surface area contributed by atoms with Crippen LogP contribution in [0.25, 0.3) is 5.69 Å². The highest BCUT2D eigenvalue weighted by Crippen LogP contribution is 2.09. The number of ether oxygens (including phenoxy) is 1. The fraction of sp³-hybridized carbons (Fsp3) is 0.250. The van der Waals surface area contributed by atoms with Crippen molar-refractivity contribution in [2.75, 3.05) is 7.11 Å². The van der Waals surface area contributed by atoms with Crippen LogP contribution >= 0.6 is 0 Å². The Kier molecular flexibility index (Phi) is 2.10. The van der Waals surface area contributed by atoms with Crippen LogP contribution in [0.15, 0.2) is 18.5 Å². The Hall–Kier alpha value is -1.98. The van der Waals surface area contributed by atoms with Crippen molar-refractivity contribution in [1.82, 2.24) is 25.2 Å². The Morgan fingerprint density at radius 2 is 2.21 bits per heavy atom. The number of methoxy groups -OCH3 is 1. The molecule has 0 saturated carbocycles. The second-order valence-corrected chi connectivity index (χ2v) is 2.73. The summed E-state index contributed by atoms with van der Waals surface area (Å²) >= 11 is 0. The molecule has 0 amide bonds. The molecule has 0 aliphatic rings. The lowest BCUT2D eigenvalue weighted by Crippen LogP contribution is -2.01. The summed E-state index contributed by atoms with van der Waals surface area (Å²) < 4.78 is 4.94. The van der Waals surface area contributed by atoms with E-state index in [0.29, 0.717) is 5.88 Å². The van der Waals surface area contributed by atoms with Crippen LogP contribution in [-0.4, -0.2) is 32.3 Å². The van der Waals surface area contributed by atoms with Gasteiger partial charge in [-0.3, -0.25) is 0 Å². The van der Waals surface area contributed by atoms with E-state index in [1.807, 2.05) is 6.92 Å². The largest absolute Gasteiger partial charge is 0.480 e. The summed E-state index contributed by atoms with van der Waals surface area (Å²) in [7, 11) is 1.54. The van der Waals surface area contributed by atoms with E-state index in [1.165, 1.54) is 11.9 Å². The third-order valence-corrected chi connectivity index (χ3v) is 1.66. The molecule has 0 saturated heterocycles. The second kappa shape index (κ2) is 3.41. The van der Waals surface area contributed by atoms with Crippen molar-refractivity contribution in [3.05, 3.63) is 24.2 Å². The van der Waals surface area contributed by atoms with E-state index in [4.69, 9.17) is 4.74 Å². The van der Waals surface area contributed by atoms with Crippen molar-refractivity contribution < 1.29 is 4.74 Å². The minimum absolute atomic E-state index is 0.442. The van der Waals surface area contributed by atoms with Crippen LogP contribution in [0.3, 0.4) is 0 Å². The first-order valence-electron chi connectivity index (χ1n) is 4.05. The van der Waals surface area contributed by atoms with E-state index >= 15 is 0 Å². The van der Waals surface area contributed by atoms with Gasteiger partial charge in [-0.15, -0.1) is 9.90 Å². The van der Waals surface area contributed by atoms with Crippen LogP contribution < -0.4 is 4.74 Å². The number of aromatic nitrogens is 5. The van der Waals surface area contributed by atoms with E-state index in [2.05, 4.69) is 20.4 Å². The molecule has 2 aromatic rings. The summed E-state index contributed by atoms with van der Waals surface area (Å²) in [6.07, 6.45) is 3.24. The first kappa shape index (κ1) is 8.61. The van der Waals surface area contributed by atoms with Gasteiger partial charge in [0, 0.05) is 6.07 Å². The van der Waals surface area contributed by atoms with E-state index in [9.17, 15) is 0 Å². The van der Waals surface area contributed by atoms with Crippen LogP contribution in [0.5, 0.6) is 5.88 Å². The molecule has 0 bridgehead atoms. The van der Waals surface area contributed by atoms with E-state index in [1.54, 1.807) is 18.5 Å². The average Bonchev–Trinajstić information content (AvgIpc) is 2.65. The third kappa shape index (κ3) is 1.54. The molecule has 2 rings (SSSR count). The quantitative estimate of drug-likeness (QED) is 0.686. The van der Waals surface area contributed by atoms with Crippen molar-refractivity contribution in [3.63, 3.8) is 0 Å². The van der Waals surface area contributed by atoms with Gasteiger partial charge in [-0.05, 0) is 6.92 Å².